The minimum Gasteiger partial charge on any atom is -0.280 e. The van der Waals surface area contributed by atoms with E-state index in [1.807, 2.05) is 4.72 Å². The molecule has 1 N–H and O–H groups in total. The van der Waals surface area contributed by atoms with Gasteiger partial charge in [0.2, 0.25) is 0 Å². The van der Waals surface area contributed by atoms with Crippen molar-refractivity contribution in [2.45, 2.75) is 11.1 Å². The summed E-state index contributed by atoms with van der Waals surface area (Å²) in [6, 6.07) is 4.16. The second kappa shape index (κ2) is 5.97. The first-order valence-electron chi connectivity index (χ1n) is 5.85. The van der Waals surface area contributed by atoms with Gasteiger partial charge in [0.1, 0.15) is 0 Å². The third-order valence-electron chi connectivity index (χ3n) is 2.73. The number of hydrogen-bond acceptors (Lipinski definition) is 2. The Labute approximate surface area is 132 Å². The van der Waals surface area contributed by atoms with Crippen LogP contribution >= 0.6 is 11.6 Å². The van der Waals surface area contributed by atoms with Crippen molar-refractivity contribution >= 4 is 27.3 Å². The summed E-state index contributed by atoms with van der Waals surface area (Å²) in [6.45, 7) is 0. The van der Waals surface area contributed by atoms with Gasteiger partial charge in [-0.3, -0.25) is 4.72 Å². The third kappa shape index (κ3) is 3.91. The van der Waals surface area contributed by atoms with Crippen LogP contribution < -0.4 is 4.72 Å². The van der Waals surface area contributed by atoms with Crippen LogP contribution in [0.2, 0.25) is 5.02 Å². The van der Waals surface area contributed by atoms with Crippen molar-refractivity contribution in [1.29, 1.82) is 0 Å². The van der Waals surface area contributed by atoms with Crippen LogP contribution in [0.3, 0.4) is 0 Å². The molecule has 0 aliphatic heterocycles. The van der Waals surface area contributed by atoms with Crippen LogP contribution in [-0.4, -0.2) is 8.42 Å². The highest BCUT2D eigenvalue weighted by molar-refractivity contribution is 7.92. The number of nitrogens with one attached hydrogen (secondary N) is 1. The lowest BCUT2D eigenvalue weighted by Crippen LogP contribution is -2.14. The molecule has 124 valence electrons. The Hall–Kier alpha value is -1.87. The van der Waals surface area contributed by atoms with Gasteiger partial charge >= 0.3 is 6.18 Å². The van der Waals surface area contributed by atoms with Crippen molar-refractivity contribution in [3.63, 3.8) is 0 Å². The van der Waals surface area contributed by atoms with Gasteiger partial charge in [-0.2, -0.15) is 13.2 Å². The fraction of sp³-hybridized carbons (Fsp3) is 0.0769. The quantitative estimate of drug-likeness (QED) is 0.811. The number of anilines is 1. The maximum Gasteiger partial charge on any atom is 0.417 e. The molecule has 2 aromatic rings. The van der Waals surface area contributed by atoms with Gasteiger partial charge < -0.3 is 0 Å². The largest absolute Gasteiger partial charge is 0.417 e. The molecule has 0 spiro atoms. The van der Waals surface area contributed by atoms with Gasteiger partial charge in [-0.1, -0.05) is 11.6 Å². The second-order valence-corrected chi connectivity index (χ2v) is 6.46. The van der Waals surface area contributed by atoms with Crippen molar-refractivity contribution in [3.05, 3.63) is 58.6 Å². The minimum atomic E-state index is -4.78. The van der Waals surface area contributed by atoms with E-state index in [4.69, 9.17) is 11.6 Å². The summed E-state index contributed by atoms with van der Waals surface area (Å²) in [6.07, 6.45) is -4.78. The maximum atomic E-state index is 13.1. The van der Waals surface area contributed by atoms with Crippen LogP contribution in [0.1, 0.15) is 5.56 Å². The number of rotatable bonds is 3. The van der Waals surface area contributed by atoms with Crippen LogP contribution in [0.5, 0.6) is 0 Å². The van der Waals surface area contributed by atoms with Gasteiger partial charge in [-0.15, -0.1) is 0 Å². The van der Waals surface area contributed by atoms with E-state index >= 15 is 0 Å². The van der Waals surface area contributed by atoms with Gasteiger partial charge in [0.15, 0.2) is 11.6 Å². The summed E-state index contributed by atoms with van der Waals surface area (Å²) in [4.78, 5) is -0.639. The number of alkyl halides is 3. The van der Waals surface area contributed by atoms with Gasteiger partial charge in [0.25, 0.3) is 10.0 Å². The van der Waals surface area contributed by atoms with Crippen molar-refractivity contribution in [3.8, 4) is 0 Å². The Morgan fingerprint density at radius 2 is 1.61 bits per heavy atom. The van der Waals surface area contributed by atoms with E-state index in [1.165, 1.54) is 0 Å². The van der Waals surface area contributed by atoms with Gasteiger partial charge in [-0.05, 0) is 36.4 Å². The molecule has 10 heteroatoms. The fourth-order valence-electron chi connectivity index (χ4n) is 1.66. The van der Waals surface area contributed by atoms with Crippen LogP contribution in [0, 0.1) is 11.6 Å². The first kappa shape index (κ1) is 17.5. The Balaban J connectivity index is 2.39. The van der Waals surface area contributed by atoms with E-state index in [1.54, 1.807) is 0 Å². The highest BCUT2D eigenvalue weighted by Crippen LogP contribution is 2.36. The molecule has 0 aliphatic carbocycles. The molecule has 0 radical (unpaired) electrons. The SMILES string of the molecule is O=S(=O)(Nc1ccc(Cl)c(C(F)(F)F)c1)c1ccc(F)c(F)c1. The molecule has 23 heavy (non-hydrogen) atoms. The second-order valence-electron chi connectivity index (χ2n) is 4.37. The zero-order chi connectivity index (χ0) is 17.4. The Bertz CT molecular complexity index is 852. The molecule has 0 saturated carbocycles. The maximum absolute atomic E-state index is 13.1. The molecule has 0 unspecified atom stereocenters. The zero-order valence-corrected chi connectivity index (χ0v) is 12.5. The van der Waals surface area contributed by atoms with Crippen LogP contribution in [0.25, 0.3) is 0 Å². The number of benzene rings is 2. The van der Waals surface area contributed by atoms with E-state index in [9.17, 15) is 30.4 Å². The normalized spacial score (nSPS) is 12.3. The predicted octanol–water partition coefficient (Wildman–Crippen LogP) is 4.44. The number of hydrogen-bond donors (Lipinski definition) is 1. The molecule has 0 fully saturated rings. The van der Waals surface area contributed by atoms with Gasteiger partial charge in [0.05, 0.1) is 15.5 Å². The van der Waals surface area contributed by atoms with Crippen molar-refractivity contribution in [2.24, 2.45) is 0 Å². The van der Waals surface area contributed by atoms with Crippen LogP contribution in [0.4, 0.5) is 27.6 Å². The summed E-state index contributed by atoms with van der Waals surface area (Å²) < 4.78 is 89.9. The number of halogens is 6. The minimum absolute atomic E-state index is 0.415. The molecule has 0 atom stereocenters. The van der Waals surface area contributed by atoms with E-state index in [2.05, 4.69) is 0 Å². The fourth-order valence-corrected chi connectivity index (χ4v) is 2.95. The summed E-state index contributed by atoms with van der Waals surface area (Å²) in [5, 5.41) is -0.603. The molecule has 0 aromatic heterocycles. The smallest absolute Gasteiger partial charge is 0.280 e. The molecule has 0 bridgehead atoms. The van der Waals surface area contributed by atoms with E-state index in [0.717, 1.165) is 18.2 Å². The molecule has 2 aromatic carbocycles. The molecule has 0 saturated heterocycles. The highest BCUT2D eigenvalue weighted by atomic mass is 35.5. The lowest BCUT2D eigenvalue weighted by Gasteiger charge is -2.13. The summed E-state index contributed by atoms with van der Waals surface area (Å²) >= 11 is 5.42. The van der Waals surface area contributed by atoms with E-state index in [0.29, 0.717) is 18.2 Å². The molecule has 0 heterocycles. The van der Waals surface area contributed by atoms with Gasteiger partial charge in [0, 0.05) is 5.69 Å². The van der Waals surface area contributed by atoms with Crippen LogP contribution in [0.15, 0.2) is 41.3 Å². The molecular weight excluding hydrogens is 365 g/mol. The highest BCUT2D eigenvalue weighted by Gasteiger charge is 2.33. The van der Waals surface area contributed by atoms with E-state index in [-0.39, 0.29) is 0 Å². The monoisotopic (exact) mass is 371 g/mol. The summed E-state index contributed by atoms with van der Waals surface area (Å²) in [7, 11) is -4.39. The molecular formula is C13H7ClF5NO2S. The predicted molar refractivity (Wildman–Crippen MR) is 73.6 cm³/mol. The van der Waals surface area contributed by atoms with Crippen molar-refractivity contribution in [2.75, 3.05) is 4.72 Å². The summed E-state index contributed by atoms with van der Waals surface area (Å²) in [5.41, 5.74) is -1.66. The number of sulfonamides is 1. The third-order valence-corrected chi connectivity index (χ3v) is 4.43. The van der Waals surface area contributed by atoms with Gasteiger partial charge in [-0.25, -0.2) is 17.2 Å². The van der Waals surface area contributed by atoms with Crippen molar-refractivity contribution in [1.82, 2.24) is 0 Å². The standard InChI is InChI=1S/C13H7ClF5NO2S/c14-10-3-1-7(5-9(10)13(17,18)19)20-23(21,22)8-2-4-11(15)12(16)6-8/h1-6,20H. The lowest BCUT2D eigenvalue weighted by molar-refractivity contribution is -0.137. The topological polar surface area (TPSA) is 46.2 Å². The summed E-state index contributed by atoms with van der Waals surface area (Å²) in [5.74, 6) is -2.66. The zero-order valence-electron chi connectivity index (χ0n) is 11.0. The Morgan fingerprint density at radius 3 is 2.17 bits per heavy atom. The first-order chi connectivity index (χ1) is 10.5. The Morgan fingerprint density at radius 1 is 0.957 bits per heavy atom. The molecule has 0 aliphatic rings. The average molecular weight is 372 g/mol. The first-order valence-corrected chi connectivity index (χ1v) is 7.71. The van der Waals surface area contributed by atoms with Crippen LogP contribution in [-0.2, 0) is 16.2 Å². The molecule has 3 nitrogen and oxygen atoms in total. The Kier molecular flexibility index (Phi) is 4.54. The lowest BCUT2D eigenvalue weighted by atomic mass is 10.2. The molecule has 0 amide bonds. The average Bonchev–Trinajstić information content (AvgIpc) is 2.42. The molecule has 2 rings (SSSR count). The van der Waals surface area contributed by atoms with E-state index < -0.39 is 49.0 Å². The van der Waals surface area contributed by atoms with Crippen molar-refractivity contribution < 1.29 is 30.4 Å².